The topological polar surface area (TPSA) is 117 Å². The number of rotatable bonds is 10. The summed E-state index contributed by atoms with van der Waals surface area (Å²) in [7, 11) is 0. The molecule has 0 aromatic carbocycles. The average Bonchev–Trinajstić information content (AvgIpc) is 2.72. The van der Waals surface area contributed by atoms with Crippen molar-refractivity contribution in [3.05, 3.63) is 22.1 Å². The van der Waals surface area contributed by atoms with E-state index >= 15 is 0 Å². The summed E-state index contributed by atoms with van der Waals surface area (Å²) in [5.74, 6) is -0.182. The molecular weight excluding hydrogens is 386 g/mol. The molecule has 0 saturated carbocycles. The molecule has 1 aliphatic carbocycles. The van der Waals surface area contributed by atoms with E-state index in [2.05, 4.69) is 27.2 Å². The summed E-state index contributed by atoms with van der Waals surface area (Å²) in [6.07, 6.45) is 6.42. The zero-order valence-electron chi connectivity index (χ0n) is 18.4. The first-order chi connectivity index (χ1) is 14.5. The van der Waals surface area contributed by atoms with Crippen LogP contribution in [0.2, 0.25) is 0 Å². The molecule has 0 bridgehead atoms. The van der Waals surface area contributed by atoms with Crippen molar-refractivity contribution in [2.45, 2.75) is 71.0 Å². The summed E-state index contributed by atoms with van der Waals surface area (Å²) in [6.45, 7) is 8.78. The zero-order chi connectivity index (χ0) is 21.9. The lowest BCUT2D eigenvalue weighted by molar-refractivity contribution is -0.138. The number of amides is 1. The molecule has 1 aliphatic heterocycles. The van der Waals surface area contributed by atoms with Gasteiger partial charge in [0.15, 0.2) is 0 Å². The van der Waals surface area contributed by atoms with E-state index in [4.69, 9.17) is 15.0 Å². The Bertz CT molecular complexity index is 662. The highest BCUT2D eigenvalue weighted by Crippen LogP contribution is 2.30. The summed E-state index contributed by atoms with van der Waals surface area (Å²) in [5, 5.41) is 6.87. The number of carbonyl (C=O) groups excluding carboxylic acids is 2. The van der Waals surface area contributed by atoms with Gasteiger partial charge in [-0.05, 0) is 50.6 Å². The highest BCUT2D eigenvalue weighted by Gasteiger charge is 2.40. The highest BCUT2D eigenvalue weighted by atomic mass is 16.5. The van der Waals surface area contributed by atoms with Crippen molar-refractivity contribution in [2.24, 2.45) is 11.0 Å². The van der Waals surface area contributed by atoms with Gasteiger partial charge in [-0.2, -0.15) is 0 Å². The van der Waals surface area contributed by atoms with Gasteiger partial charge in [-0.25, -0.2) is 4.79 Å². The molecule has 0 radical (unpaired) electrons. The number of hydrogen-bond donors (Lipinski definition) is 1. The average molecular weight is 422 g/mol. The third-order valence-electron chi connectivity index (χ3n) is 5.66. The van der Waals surface area contributed by atoms with Crippen LogP contribution < -0.4 is 5.32 Å². The van der Waals surface area contributed by atoms with Crippen LogP contribution in [0.5, 0.6) is 0 Å². The van der Waals surface area contributed by atoms with Crippen LogP contribution in [0.25, 0.3) is 10.4 Å². The van der Waals surface area contributed by atoms with Crippen molar-refractivity contribution in [2.75, 3.05) is 32.9 Å². The molecule has 0 unspecified atom stereocenters. The fraction of sp³-hybridized carbons (Fsp3) is 0.810. The Morgan fingerprint density at radius 1 is 1.40 bits per heavy atom. The van der Waals surface area contributed by atoms with Crippen LogP contribution in [0.3, 0.4) is 0 Å². The van der Waals surface area contributed by atoms with Gasteiger partial charge in [0, 0.05) is 36.6 Å². The van der Waals surface area contributed by atoms with Crippen LogP contribution in [-0.2, 0) is 19.1 Å². The molecule has 0 spiro atoms. The largest absolute Gasteiger partial charge is 0.463 e. The van der Waals surface area contributed by atoms with Gasteiger partial charge >= 0.3 is 5.97 Å². The monoisotopic (exact) mass is 421 g/mol. The van der Waals surface area contributed by atoms with E-state index in [9.17, 15) is 9.59 Å². The second-order valence-electron chi connectivity index (χ2n) is 8.04. The Morgan fingerprint density at radius 3 is 2.87 bits per heavy atom. The van der Waals surface area contributed by atoms with E-state index < -0.39 is 18.1 Å². The quantitative estimate of drug-likeness (QED) is 0.191. The molecule has 9 nitrogen and oxygen atoms in total. The Balaban J connectivity index is 2.22. The number of azide groups is 1. The minimum absolute atomic E-state index is 0.187. The van der Waals surface area contributed by atoms with Gasteiger partial charge in [0.1, 0.15) is 0 Å². The first kappa shape index (κ1) is 24.2. The van der Waals surface area contributed by atoms with Crippen LogP contribution in [0.4, 0.5) is 0 Å². The molecule has 0 aromatic heterocycles. The summed E-state index contributed by atoms with van der Waals surface area (Å²) in [4.78, 5) is 29.5. The predicted molar refractivity (Wildman–Crippen MR) is 114 cm³/mol. The molecule has 1 N–H and O–H groups in total. The molecule has 30 heavy (non-hydrogen) atoms. The Labute approximate surface area is 178 Å². The number of hydrogen-bond acceptors (Lipinski definition) is 6. The Morgan fingerprint density at radius 2 is 2.20 bits per heavy atom. The maximum atomic E-state index is 12.4. The maximum Gasteiger partial charge on any atom is 0.333 e. The third kappa shape index (κ3) is 7.00. The van der Waals surface area contributed by atoms with Crippen LogP contribution in [0.15, 0.2) is 16.8 Å². The number of esters is 1. The number of nitrogens with one attached hydrogen (secondary N) is 1. The van der Waals surface area contributed by atoms with Crippen LogP contribution in [0.1, 0.15) is 52.9 Å². The normalized spacial score (nSPS) is 27.0. The number of nitrogens with zero attached hydrogens (tertiary/aromatic N) is 4. The van der Waals surface area contributed by atoms with Gasteiger partial charge in [-0.1, -0.05) is 24.5 Å². The van der Waals surface area contributed by atoms with Gasteiger partial charge in [-0.15, -0.1) is 0 Å². The zero-order valence-corrected chi connectivity index (χ0v) is 18.4. The van der Waals surface area contributed by atoms with E-state index in [1.165, 1.54) is 6.92 Å². The molecule has 168 valence electrons. The molecule has 1 amide bonds. The molecule has 1 saturated heterocycles. The molecule has 1 fully saturated rings. The van der Waals surface area contributed by atoms with Crippen molar-refractivity contribution in [3.8, 4) is 0 Å². The fourth-order valence-corrected chi connectivity index (χ4v) is 4.26. The molecular formula is C21H35N5O4. The van der Waals surface area contributed by atoms with Crippen molar-refractivity contribution in [1.82, 2.24) is 10.2 Å². The third-order valence-corrected chi connectivity index (χ3v) is 5.66. The van der Waals surface area contributed by atoms with Crippen molar-refractivity contribution < 1.29 is 19.1 Å². The minimum Gasteiger partial charge on any atom is -0.463 e. The Hall–Kier alpha value is -2.09. The second-order valence-corrected chi connectivity index (χ2v) is 8.04. The lowest BCUT2D eigenvalue weighted by Crippen LogP contribution is -2.59. The van der Waals surface area contributed by atoms with Gasteiger partial charge in [-0.3, -0.25) is 9.69 Å². The lowest BCUT2D eigenvalue weighted by atomic mass is 9.84. The van der Waals surface area contributed by atoms with E-state index in [-0.39, 0.29) is 25.0 Å². The van der Waals surface area contributed by atoms with Crippen molar-refractivity contribution in [1.29, 1.82) is 0 Å². The number of carbonyl (C=O) groups is 2. The van der Waals surface area contributed by atoms with Crippen LogP contribution in [0, 0.1) is 5.92 Å². The smallest absolute Gasteiger partial charge is 0.333 e. The molecule has 2 aliphatic rings. The van der Waals surface area contributed by atoms with E-state index in [0.29, 0.717) is 18.1 Å². The predicted octanol–water partition coefficient (Wildman–Crippen LogP) is 2.96. The number of unbranched alkanes of at least 4 members (excludes halogenated alkanes) is 1. The summed E-state index contributed by atoms with van der Waals surface area (Å²) in [6, 6.07) is -1.18. The first-order valence-corrected chi connectivity index (χ1v) is 11.0. The highest BCUT2D eigenvalue weighted by molar-refractivity contribution is 5.89. The van der Waals surface area contributed by atoms with Gasteiger partial charge in [0.05, 0.1) is 25.3 Å². The van der Waals surface area contributed by atoms with E-state index in [1.54, 1.807) is 6.92 Å². The van der Waals surface area contributed by atoms with Crippen molar-refractivity contribution >= 4 is 11.9 Å². The van der Waals surface area contributed by atoms with Gasteiger partial charge < -0.3 is 14.8 Å². The Kier molecular flexibility index (Phi) is 10.1. The standard InChI is InChI=1S/C21H35N5O4/c1-4-6-10-29-14-16-8-7-9-26(13-16)19-12-17(21(28)30-5-2)11-18(24-25-22)20(19)23-15(3)27/h12,16,18-20H,4-11,13-14H2,1-3H3,(H,23,27)/t16-,18-,19+,20+/m0/s1. The second kappa shape index (κ2) is 12.6. The number of ether oxygens (including phenoxy) is 2. The van der Waals surface area contributed by atoms with E-state index in [1.807, 2.05) is 6.08 Å². The SMILES string of the molecule is CCCCOC[C@H]1CCCN([C@@H]2C=C(C(=O)OCC)C[C@H](N=[N+]=[N-])[C@H]2NC(C)=O)C1. The summed E-state index contributed by atoms with van der Waals surface area (Å²) in [5.41, 5.74) is 9.56. The van der Waals surface area contributed by atoms with E-state index in [0.717, 1.165) is 45.4 Å². The summed E-state index contributed by atoms with van der Waals surface area (Å²) >= 11 is 0. The molecule has 4 atom stereocenters. The van der Waals surface area contributed by atoms with Gasteiger partial charge in [0.25, 0.3) is 0 Å². The summed E-state index contributed by atoms with van der Waals surface area (Å²) < 4.78 is 11.0. The molecule has 2 rings (SSSR count). The first-order valence-electron chi connectivity index (χ1n) is 11.0. The number of piperidine rings is 1. The van der Waals surface area contributed by atoms with Crippen LogP contribution in [-0.4, -0.2) is 67.8 Å². The molecule has 9 heteroatoms. The minimum atomic E-state index is -0.547. The maximum absolute atomic E-state index is 12.4. The van der Waals surface area contributed by atoms with Gasteiger partial charge in [0.2, 0.25) is 5.91 Å². The lowest BCUT2D eigenvalue weighted by Gasteiger charge is -2.44. The van der Waals surface area contributed by atoms with Crippen molar-refractivity contribution in [3.63, 3.8) is 0 Å². The van der Waals surface area contributed by atoms with Crippen LogP contribution >= 0.6 is 0 Å². The molecule has 1 heterocycles. The molecule has 0 aromatic rings. The fourth-order valence-electron chi connectivity index (χ4n) is 4.26. The number of likely N-dealkylation sites (tertiary alicyclic amines) is 1.